The number of hydrogen-bond acceptors (Lipinski definition) is 4. The summed E-state index contributed by atoms with van der Waals surface area (Å²) in [5.74, 6) is -0.649. The van der Waals surface area contributed by atoms with Gasteiger partial charge in [0.05, 0.1) is 6.61 Å². The fourth-order valence-corrected chi connectivity index (χ4v) is 5.28. The van der Waals surface area contributed by atoms with Crippen LogP contribution in [0.4, 0.5) is 0 Å². The van der Waals surface area contributed by atoms with Gasteiger partial charge in [-0.2, -0.15) is 0 Å². The van der Waals surface area contributed by atoms with Crippen LogP contribution in [0.3, 0.4) is 0 Å². The second-order valence-corrected chi connectivity index (χ2v) is 8.40. The summed E-state index contributed by atoms with van der Waals surface area (Å²) in [4.78, 5) is 11.8. The van der Waals surface area contributed by atoms with E-state index in [4.69, 9.17) is 21.9 Å². The maximum absolute atomic E-state index is 12.6. The molecule has 20 heavy (non-hydrogen) atoms. The molecule has 0 aliphatic rings. The van der Waals surface area contributed by atoms with Crippen molar-refractivity contribution in [2.24, 2.45) is 5.73 Å². The Morgan fingerprint density at radius 2 is 2.25 bits per heavy atom. The number of primary amides is 1. The lowest BCUT2D eigenvalue weighted by Gasteiger charge is -2.21. The number of carbonyl (C=O) groups excluding carboxylic acids is 1. The van der Waals surface area contributed by atoms with E-state index in [9.17, 15) is 9.36 Å². The number of fused-ring (bicyclic) bond motifs is 1. The highest BCUT2D eigenvalue weighted by Crippen LogP contribution is 2.58. The van der Waals surface area contributed by atoms with Crippen LogP contribution in [0.1, 0.15) is 18.1 Å². The van der Waals surface area contributed by atoms with Gasteiger partial charge in [0.15, 0.2) is 0 Å². The third kappa shape index (κ3) is 2.91. The minimum absolute atomic E-state index is 0.264. The maximum atomic E-state index is 12.6. The molecule has 1 aromatic heterocycles. The molecule has 1 amide bonds. The monoisotopic (exact) mass is 331 g/mol. The Balaban J connectivity index is 2.61. The highest BCUT2D eigenvalue weighted by atomic mass is 35.5. The van der Waals surface area contributed by atoms with Gasteiger partial charge >= 0.3 is 0 Å². The minimum Gasteiger partial charge on any atom is -0.369 e. The van der Waals surface area contributed by atoms with Crippen molar-refractivity contribution >= 4 is 46.3 Å². The predicted molar refractivity (Wildman–Crippen MR) is 83.9 cm³/mol. The molecule has 1 heterocycles. The Kier molecular flexibility index (Phi) is 4.55. The van der Waals surface area contributed by atoms with Gasteiger partial charge in [-0.25, -0.2) is 0 Å². The largest absolute Gasteiger partial charge is 0.369 e. The molecule has 0 radical (unpaired) electrons. The summed E-state index contributed by atoms with van der Waals surface area (Å²) in [6.45, 7) is 3.44. The van der Waals surface area contributed by atoms with Crippen LogP contribution in [0.2, 0.25) is 5.02 Å². The number of benzene rings is 1. The van der Waals surface area contributed by atoms with Crippen molar-refractivity contribution in [1.29, 1.82) is 0 Å². The van der Waals surface area contributed by atoms with E-state index in [1.807, 2.05) is 6.07 Å². The molecule has 0 aliphatic carbocycles. The second kappa shape index (κ2) is 5.86. The van der Waals surface area contributed by atoms with Crippen molar-refractivity contribution in [1.82, 2.24) is 0 Å². The quantitative estimate of drug-likeness (QED) is 0.841. The van der Waals surface area contributed by atoms with E-state index in [1.165, 1.54) is 18.0 Å². The number of thiophene rings is 1. The van der Waals surface area contributed by atoms with E-state index in [0.717, 1.165) is 10.1 Å². The number of hydrogen-bond donors (Lipinski definition) is 1. The standard InChI is InChI=1S/C13H15ClNO3PS/c1-3-18-19(2,17)12(13(15)16)10-7-20-11-5-4-8(14)6-9(10)11/h4-7,12H,3H2,1-2H3,(H2,15,16). The summed E-state index contributed by atoms with van der Waals surface area (Å²) in [6, 6.07) is 5.40. The molecule has 4 nitrogen and oxygen atoms in total. The van der Waals surface area contributed by atoms with Gasteiger partial charge in [0.25, 0.3) is 0 Å². The molecular formula is C13H15ClNO3PS. The van der Waals surface area contributed by atoms with E-state index in [1.54, 1.807) is 24.4 Å². The van der Waals surface area contributed by atoms with Crippen molar-refractivity contribution in [3.8, 4) is 0 Å². The SMILES string of the molecule is CCOP(C)(=O)C(C(N)=O)c1csc2ccc(Cl)cc12. The summed E-state index contributed by atoms with van der Waals surface area (Å²) in [7, 11) is -3.18. The predicted octanol–water partition coefficient (Wildman–Crippen LogP) is 4.03. The first-order valence-corrected chi connectivity index (χ1v) is 9.44. The van der Waals surface area contributed by atoms with Gasteiger partial charge in [0.2, 0.25) is 13.3 Å². The van der Waals surface area contributed by atoms with Crippen LogP contribution in [0.5, 0.6) is 0 Å². The fourth-order valence-electron chi connectivity index (χ4n) is 2.20. The Labute approximate surface area is 126 Å². The Morgan fingerprint density at radius 1 is 1.55 bits per heavy atom. The molecule has 108 valence electrons. The molecule has 0 fully saturated rings. The first-order chi connectivity index (χ1) is 9.36. The Hall–Kier alpha value is -0.870. The first-order valence-electron chi connectivity index (χ1n) is 6.04. The normalized spacial score (nSPS) is 15.9. The lowest BCUT2D eigenvalue weighted by molar-refractivity contribution is -0.117. The molecule has 0 bridgehead atoms. The van der Waals surface area contributed by atoms with Crippen LogP contribution >= 0.6 is 30.3 Å². The van der Waals surface area contributed by atoms with E-state index < -0.39 is 18.9 Å². The average molecular weight is 332 g/mol. The zero-order valence-corrected chi connectivity index (χ0v) is 13.6. The number of halogens is 1. The fraction of sp³-hybridized carbons (Fsp3) is 0.308. The molecule has 2 N–H and O–H groups in total. The van der Waals surface area contributed by atoms with Crippen LogP contribution in [0.15, 0.2) is 23.6 Å². The minimum atomic E-state index is -3.18. The van der Waals surface area contributed by atoms with Crippen molar-refractivity contribution in [2.75, 3.05) is 13.3 Å². The van der Waals surface area contributed by atoms with Gasteiger partial charge in [-0.05, 0) is 41.5 Å². The van der Waals surface area contributed by atoms with Crippen molar-refractivity contribution < 1.29 is 13.9 Å². The zero-order chi connectivity index (χ0) is 14.9. The molecular weight excluding hydrogens is 317 g/mol. The summed E-state index contributed by atoms with van der Waals surface area (Å²) in [5, 5.41) is 3.15. The zero-order valence-electron chi connectivity index (χ0n) is 11.1. The average Bonchev–Trinajstić information content (AvgIpc) is 2.71. The second-order valence-electron chi connectivity index (χ2n) is 4.46. The number of amides is 1. The van der Waals surface area contributed by atoms with Crippen LogP contribution in [-0.4, -0.2) is 19.2 Å². The molecule has 2 aromatic rings. The Morgan fingerprint density at radius 3 is 2.85 bits per heavy atom. The third-order valence-electron chi connectivity index (χ3n) is 2.98. The van der Waals surface area contributed by atoms with Gasteiger partial charge in [0.1, 0.15) is 5.66 Å². The van der Waals surface area contributed by atoms with E-state index in [2.05, 4.69) is 0 Å². The lowest BCUT2D eigenvalue weighted by atomic mass is 10.1. The smallest absolute Gasteiger partial charge is 0.234 e. The van der Waals surface area contributed by atoms with Gasteiger partial charge in [-0.3, -0.25) is 9.36 Å². The van der Waals surface area contributed by atoms with Crippen molar-refractivity contribution in [2.45, 2.75) is 12.6 Å². The van der Waals surface area contributed by atoms with Crippen LogP contribution in [0.25, 0.3) is 10.1 Å². The first kappa shape index (κ1) is 15.5. The van der Waals surface area contributed by atoms with Gasteiger partial charge < -0.3 is 10.3 Å². The van der Waals surface area contributed by atoms with Gasteiger partial charge in [0, 0.05) is 16.4 Å². The summed E-state index contributed by atoms with van der Waals surface area (Å²) in [5.41, 5.74) is 5.13. The third-order valence-corrected chi connectivity index (χ3v) is 6.44. The van der Waals surface area contributed by atoms with E-state index in [-0.39, 0.29) is 6.61 Å². The van der Waals surface area contributed by atoms with Crippen molar-refractivity contribution in [3.63, 3.8) is 0 Å². The molecule has 0 spiro atoms. The van der Waals surface area contributed by atoms with Crippen LogP contribution in [-0.2, 0) is 13.9 Å². The summed E-state index contributed by atoms with van der Waals surface area (Å²) in [6.07, 6.45) is 0. The lowest BCUT2D eigenvalue weighted by Crippen LogP contribution is -2.22. The van der Waals surface area contributed by atoms with Crippen LogP contribution in [0, 0.1) is 0 Å². The number of nitrogens with two attached hydrogens (primary N) is 1. The molecule has 2 unspecified atom stereocenters. The topological polar surface area (TPSA) is 69.4 Å². The molecule has 1 aromatic carbocycles. The Bertz CT molecular complexity index is 700. The maximum Gasteiger partial charge on any atom is 0.234 e. The molecule has 0 saturated carbocycles. The molecule has 7 heteroatoms. The van der Waals surface area contributed by atoms with E-state index in [0.29, 0.717) is 10.6 Å². The summed E-state index contributed by atoms with van der Waals surface area (Å²) >= 11 is 7.45. The molecule has 0 saturated heterocycles. The van der Waals surface area contributed by atoms with E-state index >= 15 is 0 Å². The van der Waals surface area contributed by atoms with Crippen LogP contribution < -0.4 is 5.73 Å². The number of rotatable bonds is 5. The molecule has 2 atom stereocenters. The molecule has 0 aliphatic heterocycles. The number of carbonyl (C=O) groups is 1. The highest BCUT2D eigenvalue weighted by Gasteiger charge is 2.37. The summed E-state index contributed by atoms with van der Waals surface area (Å²) < 4.78 is 18.9. The highest BCUT2D eigenvalue weighted by molar-refractivity contribution is 7.59. The van der Waals surface area contributed by atoms with Gasteiger partial charge in [-0.15, -0.1) is 11.3 Å². The molecule has 2 rings (SSSR count). The van der Waals surface area contributed by atoms with Crippen molar-refractivity contribution in [3.05, 3.63) is 34.2 Å². The van der Waals surface area contributed by atoms with Gasteiger partial charge in [-0.1, -0.05) is 11.6 Å².